The number of aryl methyl sites for hydroxylation is 1. The number of thioether (sulfide) groups is 1. The summed E-state index contributed by atoms with van der Waals surface area (Å²) in [6.07, 6.45) is -0.811. The minimum Gasteiger partial charge on any atom is -0.492 e. The number of aliphatic hydroxyl groups excluding tert-OH is 2. The molecule has 0 fully saturated rings. The summed E-state index contributed by atoms with van der Waals surface area (Å²) in [4.78, 5) is 4.68. The number of rotatable bonds is 9. The number of benzene rings is 2. The zero-order chi connectivity index (χ0) is 20.1. The molecule has 2 aromatic carbocycles. The quantitative estimate of drug-likeness (QED) is 0.420. The van der Waals surface area contributed by atoms with E-state index in [0.29, 0.717) is 19.1 Å². The summed E-state index contributed by atoms with van der Waals surface area (Å²) in [6.45, 7) is 7.05. The Hall–Kier alpha value is -2.02. The Bertz CT molecular complexity index is 923. The molecule has 1 aromatic heterocycles. The van der Waals surface area contributed by atoms with E-state index in [-0.39, 0.29) is 6.61 Å². The first-order valence-electron chi connectivity index (χ1n) is 9.60. The fraction of sp³-hybridized carbons (Fsp3) is 0.409. The van der Waals surface area contributed by atoms with Gasteiger partial charge in [-0.15, -0.1) is 0 Å². The summed E-state index contributed by atoms with van der Waals surface area (Å²) in [7, 11) is 0. The van der Waals surface area contributed by atoms with Crippen LogP contribution in [0, 0.1) is 6.92 Å². The smallest absolute Gasteiger partial charge is 0.169 e. The van der Waals surface area contributed by atoms with Gasteiger partial charge in [-0.25, -0.2) is 4.98 Å². The van der Waals surface area contributed by atoms with Crippen molar-refractivity contribution in [2.75, 3.05) is 19.0 Å². The molecule has 1 heterocycles. The van der Waals surface area contributed by atoms with E-state index in [1.807, 2.05) is 34.9 Å². The first kappa shape index (κ1) is 20.7. The van der Waals surface area contributed by atoms with Gasteiger partial charge in [0.05, 0.1) is 36.9 Å². The number of aliphatic hydroxyl groups is 2. The fourth-order valence-electron chi connectivity index (χ4n) is 3.14. The van der Waals surface area contributed by atoms with Crippen LogP contribution >= 0.6 is 11.8 Å². The second kappa shape index (κ2) is 9.45. The molecule has 0 amide bonds. The number of hydrogen-bond acceptors (Lipinski definition) is 5. The van der Waals surface area contributed by atoms with Crippen LogP contribution in [0.4, 0.5) is 0 Å². The largest absolute Gasteiger partial charge is 0.492 e. The van der Waals surface area contributed by atoms with E-state index in [4.69, 9.17) is 4.74 Å². The van der Waals surface area contributed by atoms with Gasteiger partial charge in [0.2, 0.25) is 0 Å². The van der Waals surface area contributed by atoms with E-state index in [0.717, 1.165) is 27.7 Å². The van der Waals surface area contributed by atoms with E-state index in [9.17, 15) is 10.2 Å². The zero-order valence-electron chi connectivity index (χ0n) is 16.6. The fourth-order valence-corrected chi connectivity index (χ4v) is 3.98. The molecule has 0 bridgehead atoms. The third kappa shape index (κ3) is 4.87. The minimum absolute atomic E-state index is 0.273. The lowest BCUT2D eigenvalue weighted by atomic mass is 10.00. The van der Waals surface area contributed by atoms with Gasteiger partial charge in [0.1, 0.15) is 5.75 Å². The van der Waals surface area contributed by atoms with Crippen LogP contribution in [0.25, 0.3) is 11.0 Å². The van der Waals surface area contributed by atoms with Gasteiger partial charge in [0.25, 0.3) is 0 Å². The molecule has 6 heteroatoms. The van der Waals surface area contributed by atoms with Gasteiger partial charge in [0, 0.05) is 5.75 Å². The molecular formula is C22H28N2O3S. The topological polar surface area (TPSA) is 67.5 Å². The number of hydrogen-bond donors (Lipinski definition) is 2. The summed E-state index contributed by atoms with van der Waals surface area (Å²) in [5.41, 5.74) is 4.31. The lowest BCUT2D eigenvalue weighted by Crippen LogP contribution is -2.20. The molecule has 28 heavy (non-hydrogen) atoms. The van der Waals surface area contributed by atoms with Crippen LogP contribution in [0.3, 0.4) is 0 Å². The molecule has 0 spiro atoms. The van der Waals surface area contributed by atoms with Crippen molar-refractivity contribution >= 4 is 22.8 Å². The van der Waals surface area contributed by atoms with E-state index < -0.39 is 6.10 Å². The van der Waals surface area contributed by atoms with Crippen molar-refractivity contribution in [3.63, 3.8) is 0 Å². The highest BCUT2D eigenvalue weighted by atomic mass is 32.2. The van der Waals surface area contributed by atoms with Crippen molar-refractivity contribution < 1.29 is 14.9 Å². The Kier molecular flexibility index (Phi) is 6.99. The first-order chi connectivity index (χ1) is 13.5. The van der Waals surface area contributed by atoms with E-state index in [1.54, 1.807) is 11.8 Å². The predicted octanol–water partition coefficient (Wildman–Crippen LogP) is 3.99. The van der Waals surface area contributed by atoms with Crippen molar-refractivity contribution in [3.05, 3.63) is 53.6 Å². The van der Waals surface area contributed by atoms with Gasteiger partial charge in [-0.2, -0.15) is 0 Å². The number of aromatic nitrogens is 2. The maximum absolute atomic E-state index is 9.91. The van der Waals surface area contributed by atoms with Gasteiger partial charge in [-0.05, 0) is 36.6 Å². The van der Waals surface area contributed by atoms with Gasteiger partial charge in [0.15, 0.2) is 5.16 Å². The second-order valence-electron chi connectivity index (χ2n) is 7.22. The first-order valence-corrected chi connectivity index (χ1v) is 10.6. The molecule has 0 unspecified atom stereocenters. The Labute approximate surface area is 170 Å². The molecule has 0 saturated carbocycles. The molecule has 1 atom stereocenters. The van der Waals surface area contributed by atoms with E-state index in [1.165, 1.54) is 11.1 Å². The van der Waals surface area contributed by atoms with Crippen LogP contribution < -0.4 is 4.74 Å². The standard InChI is InChI=1S/C22H28N2O3S/c1-15(2)18-12-16(3)8-9-21(18)27-10-11-28-22-23-19-6-4-5-7-20(19)24(22)13-17(26)14-25/h4-9,12,15,17,25-26H,10-11,13-14H2,1-3H3/t17-/m0/s1. The zero-order valence-corrected chi connectivity index (χ0v) is 17.4. The SMILES string of the molecule is Cc1ccc(OCCSc2nc3ccccc3n2C[C@H](O)CO)c(C(C)C)c1. The minimum atomic E-state index is -0.811. The van der Waals surface area contributed by atoms with Gasteiger partial charge in [-0.3, -0.25) is 0 Å². The van der Waals surface area contributed by atoms with Crippen molar-refractivity contribution in [2.45, 2.75) is 44.5 Å². The van der Waals surface area contributed by atoms with E-state index in [2.05, 4.69) is 37.9 Å². The summed E-state index contributed by atoms with van der Waals surface area (Å²) in [5.74, 6) is 2.08. The van der Waals surface area contributed by atoms with Crippen LogP contribution in [-0.2, 0) is 6.54 Å². The molecule has 5 nitrogen and oxygen atoms in total. The Morgan fingerprint density at radius 1 is 1.18 bits per heavy atom. The van der Waals surface area contributed by atoms with Gasteiger partial charge >= 0.3 is 0 Å². The molecule has 3 rings (SSSR count). The Morgan fingerprint density at radius 3 is 2.71 bits per heavy atom. The molecule has 0 saturated heterocycles. The van der Waals surface area contributed by atoms with Crippen LogP contribution in [0.2, 0.25) is 0 Å². The molecule has 150 valence electrons. The van der Waals surface area contributed by atoms with E-state index >= 15 is 0 Å². The molecule has 2 N–H and O–H groups in total. The highest BCUT2D eigenvalue weighted by Gasteiger charge is 2.14. The highest BCUT2D eigenvalue weighted by Crippen LogP contribution is 2.28. The molecule has 0 aliphatic heterocycles. The third-order valence-corrected chi connectivity index (χ3v) is 5.52. The number of para-hydroxylation sites is 2. The predicted molar refractivity (Wildman–Crippen MR) is 114 cm³/mol. The Morgan fingerprint density at radius 2 is 1.96 bits per heavy atom. The highest BCUT2D eigenvalue weighted by molar-refractivity contribution is 7.99. The summed E-state index contributed by atoms with van der Waals surface area (Å²) >= 11 is 1.60. The van der Waals surface area contributed by atoms with Crippen molar-refractivity contribution in [2.24, 2.45) is 0 Å². The molecule has 0 aliphatic rings. The molecular weight excluding hydrogens is 372 g/mol. The van der Waals surface area contributed by atoms with Crippen molar-refractivity contribution in [1.29, 1.82) is 0 Å². The number of nitrogens with zero attached hydrogens (tertiary/aromatic N) is 2. The summed E-state index contributed by atoms with van der Waals surface area (Å²) in [6, 6.07) is 14.1. The van der Waals surface area contributed by atoms with Crippen LogP contribution in [0.5, 0.6) is 5.75 Å². The lowest BCUT2D eigenvalue weighted by Gasteiger charge is -2.15. The van der Waals surface area contributed by atoms with Gasteiger partial charge in [-0.1, -0.05) is 55.4 Å². The van der Waals surface area contributed by atoms with Crippen LogP contribution in [0.1, 0.15) is 30.9 Å². The second-order valence-corrected chi connectivity index (χ2v) is 8.29. The number of ether oxygens (including phenoxy) is 1. The average Bonchev–Trinajstić information content (AvgIpc) is 3.03. The number of fused-ring (bicyclic) bond motifs is 1. The average molecular weight is 401 g/mol. The molecule has 0 aliphatic carbocycles. The van der Waals surface area contributed by atoms with Crippen molar-refractivity contribution in [1.82, 2.24) is 9.55 Å². The normalized spacial score (nSPS) is 12.6. The maximum atomic E-state index is 9.91. The summed E-state index contributed by atoms with van der Waals surface area (Å²) < 4.78 is 8.01. The van der Waals surface area contributed by atoms with Crippen LogP contribution in [-0.4, -0.2) is 44.8 Å². The lowest BCUT2D eigenvalue weighted by molar-refractivity contribution is 0.0802. The summed E-state index contributed by atoms with van der Waals surface area (Å²) in [5, 5.41) is 19.9. The third-order valence-electron chi connectivity index (χ3n) is 4.58. The molecule has 3 aromatic rings. The maximum Gasteiger partial charge on any atom is 0.169 e. The van der Waals surface area contributed by atoms with Gasteiger partial charge < -0.3 is 19.5 Å². The monoisotopic (exact) mass is 400 g/mol. The van der Waals surface area contributed by atoms with Crippen molar-refractivity contribution in [3.8, 4) is 5.75 Å². The Balaban J connectivity index is 1.68. The number of imidazole rings is 1. The van der Waals surface area contributed by atoms with Crippen LogP contribution in [0.15, 0.2) is 47.6 Å². The molecule has 0 radical (unpaired) electrons.